The molecule has 256 valence electrons. The van der Waals surface area contributed by atoms with Crippen molar-refractivity contribution in [2.75, 3.05) is 64.3 Å². The summed E-state index contributed by atoms with van der Waals surface area (Å²) in [6.07, 6.45) is 4.41. The molecule has 1 aliphatic heterocycles. The molecule has 0 aromatic heterocycles. The highest BCUT2D eigenvalue weighted by atomic mass is 16.6. The van der Waals surface area contributed by atoms with Crippen molar-refractivity contribution in [3.8, 4) is 0 Å². The maximum atomic E-state index is 13.3. The first kappa shape index (κ1) is 37.4. The minimum absolute atomic E-state index is 0.0837. The number of ether oxygens (including phenoxy) is 4. The Balaban J connectivity index is 1.17. The molecule has 4 N–H and O–H groups in total. The second-order valence-corrected chi connectivity index (χ2v) is 11.3. The molecule has 1 atom stereocenters. The zero-order valence-electron chi connectivity index (χ0n) is 27.4. The minimum Gasteiger partial charge on any atom is -0.379 e. The number of nitrogens with two attached hydrogens (primary N) is 1. The van der Waals surface area contributed by atoms with Gasteiger partial charge in [0.15, 0.2) is 0 Å². The van der Waals surface area contributed by atoms with Gasteiger partial charge in [-0.2, -0.15) is 0 Å². The fraction of sp³-hybridized carbons (Fsp3) is 0.486. The largest absolute Gasteiger partial charge is 0.379 e. The van der Waals surface area contributed by atoms with Crippen LogP contribution >= 0.6 is 0 Å². The lowest BCUT2D eigenvalue weighted by Crippen LogP contribution is -2.47. The normalized spacial score (nSPS) is 12.9. The molecule has 47 heavy (non-hydrogen) atoms. The van der Waals surface area contributed by atoms with E-state index in [0.29, 0.717) is 59.3 Å². The Bertz CT molecular complexity index is 1330. The van der Waals surface area contributed by atoms with Crippen molar-refractivity contribution in [3.63, 3.8) is 0 Å². The molecule has 0 bridgehead atoms. The monoisotopic (exact) mass is 652 g/mol. The topological polar surface area (TPSA) is 159 Å². The lowest BCUT2D eigenvalue weighted by molar-refractivity contribution is -0.129. The van der Waals surface area contributed by atoms with Crippen LogP contribution in [-0.4, -0.2) is 89.1 Å². The summed E-state index contributed by atoms with van der Waals surface area (Å²) >= 11 is 0. The average Bonchev–Trinajstić information content (AvgIpc) is 3.05. The van der Waals surface area contributed by atoms with Crippen molar-refractivity contribution in [3.05, 3.63) is 65.2 Å². The number of primary amides is 1. The first-order valence-electron chi connectivity index (χ1n) is 16.1. The molecule has 0 spiro atoms. The number of nitrogens with zero attached hydrogens (tertiary/aromatic N) is 1. The molecule has 1 heterocycles. The predicted molar refractivity (Wildman–Crippen MR) is 179 cm³/mol. The third-order valence-electron chi connectivity index (χ3n) is 7.37. The molecule has 0 radical (unpaired) electrons. The Morgan fingerprint density at radius 2 is 1.30 bits per heavy atom. The average molecular weight is 653 g/mol. The van der Waals surface area contributed by atoms with Crippen molar-refractivity contribution in [1.82, 2.24) is 10.6 Å². The standard InChI is InChI=1S/C35H48N4O8/c1-26(2)34(35(36)43)38-32(41)15-17-44-19-21-46-23-24-47-22-20-45-18-16-37-31(40)13-14-33(42)39-25-29-9-4-3-7-27(29)11-12-28-8-5-6-10-30(28)39/h3-12,26,34H,13-25H2,1-2H3,(H2,36,43)(H,37,40)(H,38,41)/t34-/m0/s1. The fourth-order valence-electron chi connectivity index (χ4n) is 4.82. The highest BCUT2D eigenvalue weighted by molar-refractivity contribution is 5.98. The first-order valence-corrected chi connectivity index (χ1v) is 16.1. The molecular formula is C35H48N4O8. The predicted octanol–water partition coefficient (Wildman–Crippen LogP) is 2.68. The van der Waals surface area contributed by atoms with Gasteiger partial charge < -0.3 is 40.2 Å². The highest BCUT2D eigenvalue weighted by Gasteiger charge is 2.22. The Morgan fingerprint density at radius 3 is 1.96 bits per heavy atom. The van der Waals surface area contributed by atoms with Crippen molar-refractivity contribution in [2.24, 2.45) is 11.7 Å². The quantitative estimate of drug-likeness (QED) is 0.174. The van der Waals surface area contributed by atoms with E-state index in [1.54, 1.807) is 4.90 Å². The van der Waals surface area contributed by atoms with Gasteiger partial charge in [-0.15, -0.1) is 0 Å². The van der Waals surface area contributed by atoms with Crippen LogP contribution in [0.25, 0.3) is 12.2 Å². The summed E-state index contributed by atoms with van der Waals surface area (Å²) < 4.78 is 21.8. The summed E-state index contributed by atoms with van der Waals surface area (Å²) in [5.74, 6) is -1.24. The molecule has 2 aromatic carbocycles. The summed E-state index contributed by atoms with van der Waals surface area (Å²) in [5, 5.41) is 5.41. The molecule has 3 rings (SSSR count). The van der Waals surface area contributed by atoms with Crippen molar-refractivity contribution < 1.29 is 38.1 Å². The molecule has 12 heteroatoms. The molecule has 0 unspecified atom stereocenters. The van der Waals surface area contributed by atoms with Gasteiger partial charge in [0.1, 0.15) is 6.04 Å². The SMILES string of the molecule is CC(C)[C@H](NC(=O)CCOCCOCCOCCOCCNC(=O)CCC(=O)N1Cc2ccccc2C=Cc2ccccc21)C(N)=O. The summed E-state index contributed by atoms with van der Waals surface area (Å²) in [6, 6.07) is 15.1. The molecule has 1 aliphatic rings. The van der Waals surface area contributed by atoms with E-state index in [1.807, 2.05) is 68.5 Å². The molecule has 0 fully saturated rings. The van der Waals surface area contributed by atoms with E-state index in [1.165, 1.54) is 0 Å². The second-order valence-electron chi connectivity index (χ2n) is 11.3. The van der Waals surface area contributed by atoms with Crippen molar-refractivity contribution >= 4 is 41.5 Å². The Kier molecular flexibility index (Phi) is 16.6. The van der Waals surface area contributed by atoms with Crippen LogP contribution in [0, 0.1) is 5.92 Å². The smallest absolute Gasteiger partial charge is 0.240 e. The third-order valence-corrected chi connectivity index (χ3v) is 7.37. The van der Waals surface area contributed by atoms with Gasteiger partial charge in [0.25, 0.3) is 0 Å². The maximum Gasteiger partial charge on any atom is 0.240 e. The number of hydrogen-bond donors (Lipinski definition) is 3. The summed E-state index contributed by atoms with van der Waals surface area (Å²) in [5.41, 5.74) is 9.20. The Hall–Kier alpha value is -4.10. The van der Waals surface area contributed by atoms with Gasteiger partial charge in [0, 0.05) is 25.8 Å². The van der Waals surface area contributed by atoms with Crippen LogP contribution in [0.4, 0.5) is 5.69 Å². The number of anilines is 1. The molecule has 2 aromatic rings. The molecule has 0 saturated carbocycles. The second kappa shape index (κ2) is 20.9. The zero-order valence-corrected chi connectivity index (χ0v) is 27.4. The Labute approximate surface area is 276 Å². The molecule has 0 saturated heterocycles. The van der Waals surface area contributed by atoms with E-state index in [2.05, 4.69) is 16.7 Å². The van der Waals surface area contributed by atoms with Gasteiger partial charge in [-0.3, -0.25) is 19.2 Å². The summed E-state index contributed by atoms with van der Waals surface area (Å²) in [7, 11) is 0. The maximum absolute atomic E-state index is 13.3. The zero-order chi connectivity index (χ0) is 33.9. The number of rotatable bonds is 21. The molecule has 12 nitrogen and oxygen atoms in total. The van der Waals surface area contributed by atoms with Crippen LogP contribution in [0.2, 0.25) is 0 Å². The fourth-order valence-corrected chi connectivity index (χ4v) is 4.82. The van der Waals surface area contributed by atoms with Gasteiger partial charge in [-0.1, -0.05) is 68.5 Å². The van der Waals surface area contributed by atoms with Crippen molar-refractivity contribution in [2.45, 2.75) is 45.7 Å². The number of hydrogen-bond acceptors (Lipinski definition) is 8. The lowest BCUT2D eigenvalue weighted by Gasteiger charge is -2.27. The molecular weight excluding hydrogens is 604 g/mol. The number of amides is 4. The van der Waals surface area contributed by atoms with Crippen molar-refractivity contribution in [1.29, 1.82) is 0 Å². The van der Waals surface area contributed by atoms with Gasteiger partial charge in [-0.05, 0) is 28.7 Å². The van der Waals surface area contributed by atoms with Gasteiger partial charge >= 0.3 is 0 Å². The van der Waals surface area contributed by atoms with Crippen LogP contribution < -0.4 is 21.3 Å². The van der Waals surface area contributed by atoms with E-state index in [9.17, 15) is 19.2 Å². The van der Waals surface area contributed by atoms with Crippen LogP contribution in [0.3, 0.4) is 0 Å². The number of para-hydroxylation sites is 1. The number of carbonyl (C=O) groups excluding carboxylic acids is 4. The van der Waals surface area contributed by atoms with E-state index in [4.69, 9.17) is 24.7 Å². The molecule has 4 amide bonds. The highest BCUT2D eigenvalue weighted by Crippen LogP contribution is 2.29. The lowest BCUT2D eigenvalue weighted by atomic mass is 10.0. The van der Waals surface area contributed by atoms with Crippen LogP contribution in [0.15, 0.2) is 48.5 Å². The van der Waals surface area contributed by atoms with Crippen LogP contribution in [0.1, 0.15) is 49.8 Å². The van der Waals surface area contributed by atoms with E-state index < -0.39 is 11.9 Å². The van der Waals surface area contributed by atoms with Crippen LogP contribution in [-0.2, 0) is 44.7 Å². The van der Waals surface area contributed by atoms with Gasteiger partial charge in [-0.25, -0.2) is 0 Å². The minimum atomic E-state index is -0.692. The van der Waals surface area contributed by atoms with E-state index >= 15 is 0 Å². The number of carbonyl (C=O) groups is 4. The van der Waals surface area contributed by atoms with Gasteiger partial charge in [0.05, 0.1) is 65.1 Å². The van der Waals surface area contributed by atoms with E-state index in [0.717, 1.165) is 22.4 Å². The van der Waals surface area contributed by atoms with Gasteiger partial charge in [0.2, 0.25) is 23.6 Å². The molecule has 0 aliphatic carbocycles. The number of benzene rings is 2. The third kappa shape index (κ3) is 13.7. The summed E-state index contributed by atoms with van der Waals surface area (Å²) in [6.45, 7) is 7.18. The van der Waals surface area contributed by atoms with E-state index in [-0.39, 0.29) is 49.5 Å². The number of fused-ring (bicyclic) bond motifs is 2. The van der Waals surface area contributed by atoms with Crippen LogP contribution in [0.5, 0.6) is 0 Å². The Morgan fingerprint density at radius 1 is 0.723 bits per heavy atom. The summed E-state index contributed by atoms with van der Waals surface area (Å²) in [4.78, 5) is 50.7. The first-order chi connectivity index (χ1) is 22.8. The number of nitrogens with one attached hydrogen (secondary N) is 2.